The monoisotopic (exact) mass is 270 g/mol. The van der Waals surface area contributed by atoms with Crippen molar-refractivity contribution in [3.63, 3.8) is 0 Å². The van der Waals surface area contributed by atoms with E-state index in [0.29, 0.717) is 0 Å². The quantitative estimate of drug-likeness (QED) is 0.615. The average Bonchev–Trinajstić information content (AvgIpc) is 1.78. The smallest absolute Gasteiger partial charge is 0.312 e. The van der Waals surface area contributed by atoms with Crippen molar-refractivity contribution < 1.29 is 41.5 Å². The zero-order valence-corrected chi connectivity index (χ0v) is 9.82. The van der Waals surface area contributed by atoms with Gasteiger partial charge in [0.15, 0.2) is 0 Å². The molecule has 0 amide bonds. The van der Waals surface area contributed by atoms with E-state index in [2.05, 4.69) is 13.1 Å². The van der Waals surface area contributed by atoms with E-state index in [9.17, 15) is 13.7 Å². The van der Waals surface area contributed by atoms with Gasteiger partial charge in [-0.15, -0.1) is 0 Å². The lowest BCUT2D eigenvalue weighted by molar-refractivity contribution is 0.218. The summed E-state index contributed by atoms with van der Waals surface area (Å²) in [5, 5.41) is 0. The average molecular weight is 270 g/mol. The molecule has 12 heteroatoms. The number of rotatable bonds is 5. The van der Waals surface area contributed by atoms with Crippen LogP contribution < -0.4 is 0 Å². The van der Waals surface area contributed by atoms with Gasteiger partial charge in [-0.2, -0.15) is 4.31 Å². The van der Waals surface area contributed by atoms with Gasteiger partial charge < -0.3 is 19.2 Å². The zero-order valence-electron chi connectivity index (χ0n) is 7.13. The van der Waals surface area contributed by atoms with E-state index in [1.165, 1.54) is 0 Å². The molecule has 0 aromatic rings. The molecule has 3 N–H and O–H groups in total. The second-order valence-electron chi connectivity index (χ2n) is 2.08. The van der Waals surface area contributed by atoms with E-state index < -0.39 is 23.2 Å². The summed E-state index contributed by atoms with van der Waals surface area (Å²) < 4.78 is 43.3. The minimum atomic E-state index is -5.20. The lowest BCUT2D eigenvalue weighted by Crippen LogP contribution is -1.93. The van der Waals surface area contributed by atoms with Gasteiger partial charge in [-0.3, -0.25) is 4.57 Å². The molecule has 0 aliphatic heterocycles. The first-order chi connectivity index (χ1) is 5.97. The third-order valence-corrected chi connectivity index (χ3v) is 5.14. The number of hydrogen-bond acceptors (Lipinski definition) is 6. The van der Waals surface area contributed by atoms with Crippen LogP contribution in [0.25, 0.3) is 0 Å². The lowest BCUT2D eigenvalue weighted by atomic mass is 11.8. The summed E-state index contributed by atoms with van der Waals surface area (Å²) in [5.41, 5.74) is 0. The Labute approximate surface area is 79.4 Å². The molecule has 86 valence electrons. The van der Waals surface area contributed by atoms with Crippen LogP contribution in [0.5, 0.6) is 0 Å². The molecule has 0 radical (unpaired) electrons. The molecule has 0 heterocycles. The third kappa shape index (κ3) is 6.84. The van der Waals surface area contributed by atoms with Gasteiger partial charge in [-0.25, -0.2) is 13.4 Å². The van der Waals surface area contributed by atoms with Crippen LogP contribution in [0.15, 0.2) is 0 Å². The number of phosphoric acid groups is 2. The Balaban J connectivity index is 4.60. The largest absolute Gasteiger partial charge is 0.488 e. The van der Waals surface area contributed by atoms with Gasteiger partial charge in [0.2, 0.25) is 0 Å². The van der Waals surface area contributed by atoms with Crippen LogP contribution in [0.3, 0.4) is 0 Å². The summed E-state index contributed by atoms with van der Waals surface area (Å²) in [4.78, 5) is 25.0. The Kier molecular flexibility index (Phi) is 4.68. The highest BCUT2D eigenvalue weighted by Gasteiger charge is 2.38. The van der Waals surface area contributed by atoms with Crippen molar-refractivity contribution in [1.82, 2.24) is 0 Å². The Bertz CT molecular complexity index is 327. The molecule has 0 saturated heterocycles. The van der Waals surface area contributed by atoms with Crippen molar-refractivity contribution >= 4 is 23.2 Å². The van der Waals surface area contributed by atoms with Crippen molar-refractivity contribution in [1.29, 1.82) is 0 Å². The van der Waals surface area contributed by atoms with Gasteiger partial charge in [0.05, 0.1) is 0 Å². The maximum Gasteiger partial charge on any atom is 0.488 e. The second-order valence-corrected chi connectivity index (χ2v) is 7.21. The second kappa shape index (κ2) is 4.53. The van der Waals surface area contributed by atoms with Crippen molar-refractivity contribution in [2.45, 2.75) is 0 Å². The Morgan fingerprint density at radius 3 is 1.71 bits per heavy atom. The summed E-state index contributed by atoms with van der Waals surface area (Å²) in [6.45, 7) is 0.832. The van der Waals surface area contributed by atoms with Crippen molar-refractivity contribution in [2.75, 3.05) is 13.8 Å². The highest BCUT2D eigenvalue weighted by molar-refractivity contribution is 7.68. The van der Waals surface area contributed by atoms with Gasteiger partial charge in [0.25, 0.3) is 0 Å². The summed E-state index contributed by atoms with van der Waals surface area (Å²) >= 11 is 0. The van der Waals surface area contributed by atoms with Crippen LogP contribution in [0.2, 0.25) is 0 Å². The molecule has 0 aromatic heterocycles. The summed E-state index contributed by atoms with van der Waals surface area (Å²) in [6.07, 6.45) is 0. The first kappa shape index (κ1) is 14.5. The fourth-order valence-corrected chi connectivity index (χ4v) is 3.60. The Morgan fingerprint density at radius 2 is 1.43 bits per heavy atom. The number of hydrogen-bond donors (Lipinski definition) is 3. The van der Waals surface area contributed by atoms with Crippen molar-refractivity contribution in [3.8, 4) is 0 Å². The molecule has 0 fully saturated rings. The minimum absolute atomic E-state index is 0.832. The van der Waals surface area contributed by atoms with E-state index >= 15 is 0 Å². The van der Waals surface area contributed by atoms with E-state index in [1.54, 1.807) is 0 Å². The molecular weight excluding hydrogens is 261 g/mol. The standard InChI is InChI=1S/C2H9O9P3/c1-9-12(2,3)10-14(7,8)11-13(4,5)6/h1-2H3,(H,7,8)(H2,4,5,6). The predicted octanol–water partition coefficient (Wildman–Crippen LogP) is 0.682. The third-order valence-electron chi connectivity index (χ3n) is 0.793. The molecular formula is C2H9O9P3. The molecule has 2 unspecified atom stereocenters. The van der Waals surface area contributed by atoms with Gasteiger partial charge in [-0.05, 0) is 0 Å². The van der Waals surface area contributed by atoms with Crippen LogP contribution in [0.4, 0.5) is 0 Å². The molecule has 0 aliphatic carbocycles. The first-order valence-electron chi connectivity index (χ1n) is 2.92. The molecule has 9 nitrogen and oxygen atoms in total. The summed E-state index contributed by atoms with van der Waals surface area (Å²) in [5.74, 6) is 0. The summed E-state index contributed by atoms with van der Waals surface area (Å²) in [6, 6.07) is 0. The minimum Gasteiger partial charge on any atom is -0.312 e. The van der Waals surface area contributed by atoms with Gasteiger partial charge in [0.1, 0.15) is 0 Å². The Hall–Kier alpha value is 0.450. The van der Waals surface area contributed by atoms with Crippen LogP contribution in [0.1, 0.15) is 0 Å². The predicted molar refractivity (Wildman–Crippen MR) is 44.6 cm³/mol. The van der Waals surface area contributed by atoms with Crippen LogP contribution in [0, 0.1) is 0 Å². The molecule has 0 aromatic carbocycles. The molecule has 0 rings (SSSR count). The highest BCUT2D eigenvalue weighted by atomic mass is 31.3. The van der Waals surface area contributed by atoms with Crippen molar-refractivity contribution in [3.05, 3.63) is 0 Å². The first-order valence-corrected chi connectivity index (χ1v) is 7.93. The maximum absolute atomic E-state index is 11.0. The normalized spacial score (nSPS) is 21.2. The van der Waals surface area contributed by atoms with Gasteiger partial charge >= 0.3 is 23.2 Å². The van der Waals surface area contributed by atoms with Gasteiger partial charge in [-0.1, -0.05) is 0 Å². The van der Waals surface area contributed by atoms with Crippen LogP contribution in [-0.4, -0.2) is 28.5 Å². The molecule has 0 aliphatic rings. The van der Waals surface area contributed by atoms with Crippen LogP contribution in [-0.2, 0) is 26.8 Å². The van der Waals surface area contributed by atoms with Crippen LogP contribution >= 0.6 is 23.2 Å². The van der Waals surface area contributed by atoms with E-state index in [0.717, 1.165) is 13.8 Å². The molecule has 0 saturated carbocycles. The van der Waals surface area contributed by atoms with Gasteiger partial charge in [0, 0.05) is 13.8 Å². The SMILES string of the molecule is COP(C)(=O)OP(=O)(O)OP(=O)(O)O. The lowest BCUT2D eigenvalue weighted by Gasteiger charge is -2.15. The van der Waals surface area contributed by atoms with E-state index in [4.69, 9.17) is 14.7 Å². The fourth-order valence-electron chi connectivity index (χ4n) is 0.370. The molecule has 14 heavy (non-hydrogen) atoms. The maximum atomic E-state index is 11.0. The molecule has 0 bridgehead atoms. The van der Waals surface area contributed by atoms with E-state index in [-0.39, 0.29) is 0 Å². The zero-order chi connectivity index (χ0) is 11.6. The Morgan fingerprint density at radius 1 is 1.00 bits per heavy atom. The summed E-state index contributed by atoms with van der Waals surface area (Å²) in [7, 11) is -13.2. The van der Waals surface area contributed by atoms with E-state index in [1.807, 2.05) is 0 Å². The molecule has 2 atom stereocenters. The topological polar surface area (TPSA) is 140 Å². The van der Waals surface area contributed by atoms with Crippen molar-refractivity contribution in [2.24, 2.45) is 0 Å². The highest BCUT2D eigenvalue weighted by Crippen LogP contribution is 2.66. The molecule has 0 spiro atoms. The fraction of sp³-hybridized carbons (Fsp3) is 1.00.